The van der Waals surface area contributed by atoms with E-state index in [2.05, 4.69) is 4.98 Å². The second-order valence-electron chi connectivity index (χ2n) is 6.66. The number of likely N-dealkylation sites (tertiary alicyclic amines) is 1. The van der Waals surface area contributed by atoms with Gasteiger partial charge in [0.2, 0.25) is 11.8 Å². The molecule has 0 atom stereocenters. The second-order valence-corrected chi connectivity index (χ2v) is 6.66. The first-order valence-electron chi connectivity index (χ1n) is 7.02. The van der Waals surface area contributed by atoms with Crippen LogP contribution in [0.15, 0.2) is 18.3 Å². The van der Waals surface area contributed by atoms with Gasteiger partial charge in [-0.25, -0.2) is 4.98 Å². The molecule has 0 aromatic carbocycles. The van der Waals surface area contributed by atoms with E-state index in [1.807, 2.05) is 20.8 Å². The highest BCUT2D eigenvalue weighted by Crippen LogP contribution is 2.31. The van der Waals surface area contributed by atoms with Gasteiger partial charge in [0.15, 0.2) is 0 Å². The number of amides is 1. The Balaban J connectivity index is 1.87. The lowest BCUT2D eigenvalue weighted by molar-refractivity contribution is -0.142. The fourth-order valence-corrected chi connectivity index (χ4v) is 2.10. The number of nitrogens with zero attached hydrogens (tertiary/aromatic N) is 2. The van der Waals surface area contributed by atoms with E-state index in [1.54, 1.807) is 4.90 Å². The van der Waals surface area contributed by atoms with Gasteiger partial charge in [0, 0.05) is 18.7 Å². The van der Waals surface area contributed by atoms with E-state index < -0.39 is 11.7 Å². The van der Waals surface area contributed by atoms with E-state index in [4.69, 9.17) is 4.74 Å². The van der Waals surface area contributed by atoms with Crippen LogP contribution < -0.4 is 4.74 Å². The van der Waals surface area contributed by atoms with Crippen molar-refractivity contribution < 1.29 is 22.7 Å². The minimum atomic E-state index is -4.42. The van der Waals surface area contributed by atoms with Gasteiger partial charge in [-0.2, -0.15) is 13.2 Å². The summed E-state index contributed by atoms with van der Waals surface area (Å²) in [7, 11) is 0. The summed E-state index contributed by atoms with van der Waals surface area (Å²) in [5.41, 5.74) is -0.886. The first-order chi connectivity index (χ1) is 10.0. The monoisotopic (exact) mass is 316 g/mol. The highest BCUT2D eigenvalue weighted by Gasteiger charge is 2.35. The first-order valence-corrected chi connectivity index (χ1v) is 7.02. The zero-order valence-corrected chi connectivity index (χ0v) is 12.8. The maximum atomic E-state index is 12.6. The number of ether oxygens (including phenoxy) is 1. The fraction of sp³-hybridized carbons (Fsp3) is 0.600. The predicted octanol–water partition coefficient (Wildman–Crippen LogP) is 3.13. The van der Waals surface area contributed by atoms with Crippen molar-refractivity contribution >= 4 is 5.91 Å². The molecule has 0 spiro atoms. The summed E-state index contributed by atoms with van der Waals surface area (Å²) in [6.45, 7) is 6.70. The van der Waals surface area contributed by atoms with Crippen molar-refractivity contribution in [1.29, 1.82) is 0 Å². The molecule has 2 heterocycles. The van der Waals surface area contributed by atoms with Gasteiger partial charge in [0.25, 0.3) is 0 Å². The van der Waals surface area contributed by atoms with E-state index in [0.29, 0.717) is 19.5 Å². The number of aromatic nitrogens is 1. The van der Waals surface area contributed by atoms with Crippen molar-refractivity contribution in [3.8, 4) is 5.88 Å². The molecule has 7 heteroatoms. The highest BCUT2D eigenvalue weighted by molar-refractivity contribution is 5.77. The van der Waals surface area contributed by atoms with Crippen molar-refractivity contribution in [3.63, 3.8) is 0 Å². The van der Waals surface area contributed by atoms with Crippen molar-refractivity contribution in [3.05, 3.63) is 23.9 Å². The van der Waals surface area contributed by atoms with Crippen LogP contribution in [0.2, 0.25) is 0 Å². The number of alkyl halides is 3. The molecule has 0 bridgehead atoms. The number of hydrogen-bond acceptors (Lipinski definition) is 3. The molecule has 1 aliphatic heterocycles. The first kappa shape index (κ1) is 16.6. The molecule has 2 rings (SSSR count). The van der Waals surface area contributed by atoms with Crippen molar-refractivity contribution in [2.24, 2.45) is 5.41 Å². The molecule has 1 amide bonds. The van der Waals surface area contributed by atoms with E-state index in [0.717, 1.165) is 18.3 Å². The molecule has 122 valence electrons. The number of hydrogen-bond donors (Lipinski definition) is 0. The van der Waals surface area contributed by atoms with Gasteiger partial charge in [-0.15, -0.1) is 0 Å². The van der Waals surface area contributed by atoms with Gasteiger partial charge < -0.3 is 9.64 Å². The van der Waals surface area contributed by atoms with Crippen molar-refractivity contribution in [1.82, 2.24) is 9.88 Å². The zero-order chi connectivity index (χ0) is 16.5. The van der Waals surface area contributed by atoms with Gasteiger partial charge in [-0.3, -0.25) is 4.79 Å². The van der Waals surface area contributed by atoms with Gasteiger partial charge in [-0.05, 0) is 11.5 Å². The Bertz CT molecular complexity index is 546. The summed E-state index contributed by atoms with van der Waals surface area (Å²) >= 11 is 0. The van der Waals surface area contributed by atoms with Gasteiger partial charge >= 0.3 is 6.18 Å². The SMILES string of the molecule is CC(C)(C)CC(=O)N1CC(Oc2cc(C(F)(F)F)ccn2)C1. The fourth-order valence-electron chi connectivity index (χ4n) is 2.10. The van der Waals surface area contributed by atoms with Crippen LogP contribution in [0, 0.1) is 5.41 Å². The zero-order valence-electron chi connectivity index (χ0n) is 12.8. The largest absolute Gasteiger partial charge is 0.471 e. The predicted molar refractivity (Wildman–Crippen MR) is 74.3 cm³/mol. The van der Waals surface area contributed by atoms with Crippen LogP contribution in [-0.2, 0) is 11.0 Å². The van der Waals surface area contributed by atoms with Gasteiger partial charge in [0.05, 0.1) is 18.7 Å². The molecule has 22 heavy (non-hydrogen) atoms. The smallest absolute Gasteiger partial charge is 0.416 e. The number of pyridine rings is 1. The molecular formula is C15H19F3N2O2. The Hall–Kier alpha value is -1.79. The lowest BCUT2D eigenvalue weighted by Gasteiger charge is -2.39. The maximum absolute atomic E-state index is 12.6. The molecule has 1 saturated heterocycles. The Kier molecular flexibility index (Phi) is 4.35. The number of carbonyl (C=O) groups is 1. The molecule has 1 aromatic heterocycles. The number of rotatable bonds is 3. The molecule has 1 aromatic rings. The second kappa shape index (κ2) is 5.78. The van der Waals surface area contributed by atoms with E-state index in [1.165, 1.54) is 0 Å². The summed E-state index contributed by atoms with van der Waals surface area (Å²) in [4.78, 5) is 17.4. The Morgan fingerprint density at radius 1 is 1.36 bits per heavy atom. The molecule has 0 aliphatic carbocycles. The van der Waals surface area contributed by atoms with Crippen LogP contribution in [0.3, 0.4) is 0 Å². The normalized spacial score (nSPS) is 16.4. The van der Waals surface area contributed by atoms with Crippen molar-refractivity contribution in [2.75, 3.05) is 13.1 Å². The molecular weight excluding hydrogens is 297 g/mol. The topological polar surface area (TPSA) is 42.4 Å². The Morgan fingerprint density at radius 3 is 2.55 bits per heavy atom. The number of halogens is 3. The minimum Gasteiger partial charge on any atom is -0.471 e. The third-order valence-corrected chi connectivity index (χ3v) is 3.23. The third-order valence-electron chi connectivity index (χ3n) is 3.23. The quantitative estimate of drug-likeness (QED) is 0.860. The minimum absolute atomic E-state index is 0.0318. The van der Waals surface area contributed by atoms with Gasteiger partial charge in [-0.1, -0.05) is 20.8 Å². The van der Waals surface area contributed by atoms with Crippen LogP contribution in [0.1, 0.15) is 32.8 Å². The average Bonchev–Trinajstić information content (AvgIpc) is 2.30. The molecule has 4 nitrogen and oxygen atoms in total. The standard InChI is InChI=1S/C15H19F3N2O2/c1-14(2,3)7-13(21)20-8-11(9-20)22-12-6-10(4-5-19-12)15(16,17)18/h4-6,11H,7-9H2,1-3H3. The Labute approximate surface area is 127 Å². The van der Waals surface area contributed by atoms with Gasteiger partial charge in [0.1, 0.15) is 6.10 Å². The third kappa shape index (κ3) is 4.35. The van der Waals surface area contributed by atoms with E-state index in [-0.39, 0.29) is 23.3 Å². The van der Waals surface area contributed by atoms with Crippen LogP contribution in [-0.4, -0.2) is 35.0 Å². The lowest BCUT2D eigenvalue weighted by atomic mass is 9.91. The summed E-state index contributed by atoms with van der Waals surface area (Å²) in [5.74, 6) is -0.0351. The number of carbonyl (C=O) groups excluding carboxylic acids is 1. The molecule has 0 radical (unpaired) electrons. The van der Waals surface area contributed by atoms with E-state index in [9.17, 15) is 18.0 Å². The lowest BCUT2D eigenvalue weighted by Crippen LogP contribution is -2.56. The molecule has 0 N–H and O–H groups in total. The average molecular weight is 316 g/mol. The summed E-state index contributed by atoms with van der Waals surface area (Å²) in [6.07, 6.45) is -3.23. The van der Waals surface area contributed by atoms with Crippen LogP contribution >= 0.6 is 0 Å². The van der Waals surface area contributed by atoms with Crippen LogP contribution in [0.4, 0.5) is 13.2 Å². The van der Waals surface area contributed by atoms with Crippen molar-refractivity contribution in [2.45, 2.75) is 39.5 Å². The molecule has 0 saturated carbocycles. The molecule has 1 aliphatic rings. The highest BCUT2D eigenvalue weighted by atomic mass is 19.4. The summed E-state index contributed by atoms with van der Waals surface area (Å²) < 4.78 is 43.2. The molecule has 0 unspecified atom stereocenters. The summed E-state index contributed by atoms with van der Waals surface area (Å²) in [5, 5.41) is 0. The summed E-state index contributed by atoms with van der Waals surface area (Å²) in [6, 6.07) is 1.77. The van der Waals surface area contributed by atoms with E-state index >= 15 is 0 Å². The van der Waals surface area contributed by atoms with Crippen LogP contribution in [0.5, 0.6) is 5.88 Å². The van der Waals surface area contributed by atoms with Crippen LogP contribution in [0.25, 0.3) is 0 Å². The molecule has 1 fully saturated rings. The Morgan fingerprint density at radius 2 is 2.00 bits per heavy atom. The maximum Gasteiger partial charge on any atom is 0.416 e.